The lowest BCUT2D eigenvalue weighted by Crippen LogP contribution is -2.38. The minimum Gasteiger partial charge on any atom is -0.491 e. The van der Waals surface area contributed by atoms with E-state index in [4.69, 9.17) is 26.1 Å². The number of rotatable bonds is 8. The third-order valence-corrected chi connectivity index (χ3v) is 7.83. The SMILES string of the molecule is CC1=NC2=C(C(=O)C[C@H](c3ccc(Cl)cc3)C2)[C@H](c2ccccc2OC(C)C)C1C(=O)OCCc1ccccc1. The van der Waals surface area contributed by atoms with Crippen molar-refractivity contribution in [1.82, 2.24) is 0 Å². The number of ketones is 1. The van der Waals surface area contributed by atoms with E-state index < -0.39 is 11.8 Å². The lowest BCUT2D eigenvalue weighted by molar-refractivity contribution is -0.146. The second-order valence-corrected chi connectivity index (χ2v) is 11.2. The predicted octanol–water partition coefficient (Wildman–Crippen LogP) is 7.49. The Morgan fingerprint density at radius 2 is 1.68 bits per heavy atom. The maximum Gasteiger partial charge on any atom is 0.315 e. The van der Waals surface area contributed by atoms with Gasteiger partial charge in [0.15, 0.2) is 5.78 Å². The van der Waals surface area contributed by atoms with Crippen LogP contribution in [0.5, 0.6) is 5.75 Å². The number of aliphatic imine (C=N–C) groups is 1. The van der Waals surface area contributed by atoms with Gasteiger partial charge in [0.1, 0.15) is 11.7 Å². The Morgan fingerprint density at radius 3 is 2.40 bits per heavy atom. The minimum atomic E-state index is -0.720. The van der Waals surface area contributed by atoms with Crippen molar-refractivity contribution < 1.29 is 19.1 Å². The lowest BCUT2D eigenvalue weighted by atomic mass is 9.69. The summed E-state index contributed by atoms with van der Waals surface area (Å²) in [5.74, 6) is -0.964. The average Bonchev–Trinajstić information content (AvgIpc) is 2.93. The first-order valence-electron chi connectivity index (χ1n) is 13.8. The largest absolute Gasteiger partial charge is 0.491 e. The summed E-state index contributed by atoms with van der Waals surface area (Å²) in [4.78, 5) is 32.5. The molecule has 0 N–H and O–H groups in total. The van der Waals surface area contributed by atoms with Crippen LogP contribution in [0.4, 0.5) is 0 Å². The maximum absolute atomic E-state index is 13.9. The Morgan fingerprint density at radius 1 is 0.975 bits per heavy atom. The maximum atomic E-state index is 13.9. The monoisotopic (exact) mass is 555 g/mol. The number of nitrogens with zero attached hydrogens (tertiary/aromatic N) is 1. The Bertz CT molecular complexity index is 1440. The number of carbonyl (C=O) groups excluding carboxylic acids is 2. The topological polar surface area (TPSA) is 65.0 Å². The van der Waals surface area contributed by atoms with Gasteiger partial charge in [-0.25, -0.2) is 0 Å². The summed E-state index contributed by atoms with van der Waals surface area (Å²) in [5, 5.41) is 0.660. The van der Waals surface area contributed by atoms with Crippen molar-refractivity contribution in [2.24, 2.45) is 10.9 Å². The zero-order valence-corrected chi connectivity index (χ0v) is 23.9. The first-order valence-corrected chi connectivity index (χ1v) is 14.2. The predicted molar refractivity (Wildman–Crippen MR) is 158 cm³/mol. The zero-order valence-electron chi connectivity index (χ0n) is 23.1. The van der Waals surface area contributed by atoms with Crippen molar-refractivity contribution in [2.75, 3.05) is 6.61 Å². The van der Waals surface area contributed by atoms with E-state index >= 15 is 0 Å². The molecule has 0 spiro atoms. The average molecular weight is 556 g/mol. The van der Waals surface area contributed by atoms with E-state index in [2.05, 4.69) is 0 Å². The Hall–Kier alpha value is -3.70. The Kier molecular flexibility index (Phi) is 8.51. The van der Waals surface area contributed by atoms with Gasteiger partial charge in [-0.2, -0.15) is 0 Å². The third kappa shape index (κ3) is 6.05. The molecule has 1 heterocycles. The molecule has 0 bridgehead atoms. The van der Waals surface area contributed by atoms with Gasteiger partial charge in [-0.05, 0) is 62.4 Å². The van der Waals surface area contributed by atoms with Gasteiger partial charge < -0.3 is 9.47 Å². The minimum absolute atomic E-state index is 0.00255. The van der Waals surface area contributed by atoms with Gasteiger partial charge in [-0.15, -0.1) is 0 Å². The van der Waals surface area contributed by atoms with Gasteiger partial charge in [-0.1, -0.05) is 72.3 Å². The molecule has 3 atom stereocenters. The van der Waals surface area contributed by atoms with Crippen molar-refractivity contribution in [3.63, 3.8) is 0 Å². The molecule has 0 amide bonds. The molecule has 1 unspecified atom stereocenters. The second-order valence-electron chi connectivity index (χ2n) is 10.8. The molecule has 3 aromatic carbocycles. The zero-order chi connectivity index (χ0) is 28.2. The summed E-state index contributed by atoms with van der Waals surface area (Å²) >= 11 is 6.11. The summed E-state index contributed by atoms with van der Waals surface area (Å²) in [5.41, 5.74) is 4.95. The normalized spacial score (nSPS) is 20.7. The molecule has 0 radical (unpaired) electrons. The number of hydrogen-bond donors (Lipinski definition) is 0. The second kappa shape index (κ2) is 12.2. The molecule has 0 aromatic heterocycles. The molecule has 2 aliphatic rings. The van der Waals surface area contributed by atoms with Gasteiger partial charge >= 0.3 is 5.97 Å². The molecule has 5 nitrogen and oxygen atoms in total. The summed E-state index contributed by atoms with van der Waals surface area (Å²) in [6.45, 7) is 6.05. The molecular weight excluding hydrogens is 522 g/mol. The summed E-state index contributed by atoms with van der Waals surface area (Å²) in [6, 6.07) is 25.3. The highest BCUT2D eigenvalue weighted by Gasteiger charge is 2.45. The van der Waals surface area contributed by atoms with Crippen molar-refractivity contribution >= 4 is 29.1 Å². The van der Waals surface area contributed by atoms with E-state index in [0.29, 0.717) is 41.3 Å². The van der Waals surface area contributed by atoms with Crippen LogP contribution in [-0.2, 0) is 20.7 Å². The number of allylic oxidation sites excluding steroid dienone is 2. The number of hydrogen-bond acceptors (Lipinski definition) is 5. The van der Waals surface area contributed by atoms with E-state index in [9.17, 15) is 9.59 Å². The van der Waals surface area contributed by atoms with Crippen molar-refractivity contribution in [3.8, 4) is 5.75 Å². The summed E-state index contributed by atoms with van der Waals surface area (Å²) < 4.78 is 12.0. The quantitative estimate of drug-likeness (QED) is 0.270. The van der Waals surface area contributed by atoms with Gasteiger partial charge in [0.25, 0.3) is 0 Å². The standard InChI is InChI=1S/C34H34ClNO4/c1-21(2)40-30-12-8-7-11-27(30)32-31(34(38)39-18-17-23-9-5-4-6-10-23)22(3)36-28-19-25(20-29(37)33(28)32)24-13-15-26(35)16-14-24/h4-16,21,25,31-32H,17-20H2,1-3H3/t25-,31?,32-/m1/s1. The van der Waals surface area contributed by atoms with E-state index in [1.165, 1.54) is 0 Å². The molecule has 5 rings (SSSR count). The van der Waals surface area contributed by atoms with Crippen LogP contribution in [0.2, 0.25) is 5.02 Å². The number of ether oxygens (including phenoxy) is 2. The Balaban J connectivity index is 1.51. The number of para-hydroxylation sites is 1. The van der Waals surface area contributed by atoms with Crippen LogP contribution in [0.15, 0.2) is 95.1 Å². The number of Topliss-reactive ketones (excluding diaryl/α,β-unsaturated/α-hetero) is 1. The van der Waals surface area contributed by atoms with E-state index in [0.717, 1.165) is 22.4 Å². The number of halogens is 1. The van der Waals surface area contributed by atoms with E-state index in [1.807, 2.05) is 99.6 Å². The first kappa shape index (κ1) is 27.9. The molecule has 3 aromatic rings. The summed E-state index contributed by atoms with van der Waals surface area (Å²) in [7, 11) is 0. The van der Waals surface area contributed by atoms with Crippen LogP contribution in [-0.4, -0.2) is 30.2 Å². The first-order chi connectivity index (χ1) is 19.3. The highest BCUT2D eigenvalue weighted by atomic mass is 35.5. The van der Waals surface area contributed by atoms with Gasteiger partial charge in [0, 0.05) is 46.3 Å². The van der Waals surface area contributed by atoms with Crippen LogP contribution in [0.3, 0.4) is 0 Å². The van der Waals surface area contributed by atoms with Crippen molar-refractivity contribution in [3.05, 3.63) is 112 Å². The highest BCUT2D eigenvalue weighted by molar-refractivity contribution is 6.30. The van der Waals surface area contributed by atoms with Crippen LogP contribution >= 0.6 is 11.6 Å². The van der Waals surface area contributed by atoms with E-state index in [1.54, 1.807) is 0 Å². The van der Waals surface area contributed by atoms with Crippen molar-refractivity contribution in [2.45, 2.75) is 58.0 Å². The van der Waals surface area contributed by atoms with Crippen molar-refractivity contribution in [1.29, 1.82) is 0 Å². The fourth-order valence-electron chi connectivity index (χ4n) is 5.77. The molecule has 206 valence electrons. The molecule has 0 saturated carbocycles. The molecule has 0 fully saturated rings. The molecule has 1 aliphatic carbocycles. The molecule has 6 heteroatoms. The number of benzene rings is 3. The molecule has 0 saturated heterocycles. The fourth-order valence-corrected chi connectivity index (χ4v) is 5.90. The highest BCUT2D eigenvalue weighted by Crippen LogP contribution is 2.48. The number of esters is 1. The Labute approximate surface area is 240 Å². The number of carbonyl (C=O) groups is 2. The van der Waals surface area contributed by atoms with Gasteiger partial charge in [0.05, 0.1) is 12.7 Å². The van der Waals surface area contributed by atoms with Crippen LogP contribution in [0, 0.1) is 5.92 Å². The van der Waals surface area contributed by atoms with E-state index in [-0.39, 0.29) is 30.4 Å². The fraction of sp³-hybridized carbons (Fsp3) is 0.324. The molecule has 40 heavy (non-hydrogen) atoms. The van der Waals surface area contributed by atoms with Crippen LogP contribution in [0.1, 0.15) is 62.1 Å². The molecular formula is C34H34ClNO4. The summed E-state index contributed by atoms with van der Waals surface area (Å²) in [6.07, 6.45) is 1.50. The van der Waals surface area contributed by atoms with Crippen LogP contribution < -0.4 is 4.74 Å². The molecule has 1 aliphatic heterocycles. The van der Waals surface area contributed by atoms with Gasteiger partial charge in [0.2, 0.25) is 0 Å². The smallest absolute Gasteiger partial charge is 0.315 e. The van der Waals surface area contributed by atoms with Crippen LogP contribution in [0.25, 0.3) is 0 Å². The lowest BCUT2D eigenvalue weighted by Gasteiger charge is -2.37. The third-order valence-electron chi connectivity index (χ3n) is 7.58. The van der Waals surface area contributed by atoms with Gasteiger partial charge in [-0.3, -0.25) is 14.6 Å².